The van der Waals surface area contributed by atoms with Gasteiger partial charge in [0, 0.05) is 7.11 Å². The topological polar surface area (TPSA) is 72.8 Å². The Balaban J connectivity index is 3.51. The predicted molar refractivity (Wildman–Crippen MR) is 30.0 cm³/mol. The van der Waals surface area contributed by atoms with Crippen LogP contribution in [-0.4, -0.2) is 37.4 Å². The van der Waals surface area contributed by atoms with Gasteiger partial charge in [0.05, 0.1) is 0 Å². The van der Waals surface area contributed by atoms with Crippen molar-refractivity contribution in [2.75, 3.05) is 13.7 Å². The van der Waals surface area contributed by atoms with Crippen LogP contribution in [0.2, 0.25) is 0 Å². The van der Waals surface area contributed by atoms with E-state index in [1.165, 1.54) is 0 Å². The maximum atomic E-state index is 10.4. The van der Waals surface area contributed by atoms with Crippen LogP contribution in [0.1, 0.15) is 0 Å². The molecule has 0 aromatic heterocycles. The van der Waals surface area contributed by atoms with Crippen LogP contribution in [0, 0.1) is 0 Å². The van der Waals surface area contributed by atoms with Gasteiger partial charge < -0.3 is 14.6 Å². The lowest BCUT2D eigenvalue weighted by Gasteiger charge is -2.05. The molecule has 0 saturated heterocycles. The summed E-state index contributed by atoms with van der Waals surface area (Å²) >= 11 is 0. The molecule has 0 radical (unpaired) electrons. The molecule has 5 heteroatoms. The summed E-state index contributed by atoms with van der Waals surface area (Å²) in [6, 6.07) is 0. The van der Waals surface area contributed by atoms with E-state index in [-0.39, 0.29) is 6.61 Å². The molecule has 10 heavy (non-hydrogen) atoms. The second-order valence-corrected chi connectivity index (χ2v) is 1.38. The van der Waals surface area contributed by atoms with Crippen molar-refractivity contribution in [3.8, 4) is 0 Å². The Kier molecular flexibility index (Phi) is 4.43. The maximum Gasteiger partial charge on any atom is 0.363 e. The normalized spacial score (nSPS) is 12.2. The average Bonchev–Trinajstić information content (AvgIpc) is 1.98. The molecule has 0 aliphatic carbocycles. The molecule has 0 spiro atoms. The molecule has 0 saturated carbocycles. The molecule has 58 valence electrons. The summed E-state index contributed by atoms with van der Waals surface area (Å²) < 4.78 is 8.34. The maximum absolute atomic E-state index is 10.4. The van der Waals surface area contributed by atoms with Gasteiger partial charge in [0.15, 0.2) is 6.29 Å². The Labute approximate surface area is 57.5 Å². The van der Waals surface area contributed by atoms with E-state index in [9.17, 15) is 9.59 Å². The number of aliphatic hydroxyl groups excluding tert-OH is 1. The Morgan fingerprint density at radius 2 is 2.40 bits per heavy atom. The first-order valence-electron chi connectivity index (χ1n) is 2.53. The van der Waals surface area contributed by atoms with Crippen molar-refractivity contribution in [1.29, 1.82) is 0 Å². The fraction of sp³-hybridized carbons (Fsp3) is 0.600. The van der Waals surface area contributed by atoms with Crippen molar-refractivity contribution >= 4 is 12.3 Å². The summed E-state index contributed by atoms with van der Waals surface area (Å²) in [7, 11) is 1.15. The number of hydrogen-bond donors (Lipinski definition) is 1. The molecule has 0 aliphatic heterocycles. The van der Waals surface area contributed by atoms with Crippen molar-refractivity contribution in [1.82, 2.24) is 0 Å². The fourth-order valence-electron chi connectivity index (χ4n) is 0.284. The lowest BCUT2D eigenvalue weighted by atomic mass is 10.6. The zero-order chi connectivity index (χ0) is 7.98. The molecule has 0 bridgehead atoms. The summed E-state index contributed by atoms with van der Waals surface area (Å²) in [5.41, 5.74) is 0. The average molecular weight is 148 g/mol. The zero-order valence-electron chi connectivity index (χ0n) is 5.44. The summed E-state index contributed by atoms with van der Waals surface area (Å²) in [6.07, 6.45) is -1.19. The second kappa shape index (κ2) is 4.89. The Morgan fingerprint density at radius 3 is 2.80 bits per heavy atom. The number of hydrogen-bond acceptors (Lipinski definition) is 5. The van der Waals surface area contributed by atoms with Crippen LogP contribution < -0.4 is 0 Å². The van der Waals surface area contributed by atoms with E-state index < -0.39 is 12.3 Å². The lowest BCUT2D eigenvalue weighted by molar-refractivity contribution is -0.178. The lowest BCUT2D eigenvalue weighted by Crippen LogP contribution is -2.25. The van der Waals surface area contributed by atoms with Crippen molar-refractivity contribution in [2.24, 2.45) is 0 Å². The molecule has 1 atom stereocenters. The minimum atomic E-state index is -1.60. The highest BCUT2D eigenvalue weighted by Gasteiger charge is 2.14. The first-order valence-corrected chi connectivity index (χ1v) is 2.53. The molecule has 0 rings (SSSR count). The smallest absolute Gasteiger partial charge is 0.363 e. The van der Waals surface area contributed by atoms with Gasteiger partial charge in [0.25, 0.3) is 6.29 Å². The third-order valence-electron chi connectivity index (χ3n) is 0.719. The number of rotatable bonds is 4. The Morgan fingerprint density at radius 1 is 1.80 bits per heavy atom. The number of carbonyl (C=O) groups is 2. The second-order valence-electron chi connectivity index (χ2n) is 1.38. The van der Waals surface area contributed by atoms with E-state index in [2.05, 4.69) is 9.47 Å². The molecular formula is C5H8O5. The Bertz CT molecular complexity index is 121. The van der Waals surface area contributed by atoms with Crippen molar-refractivity contribution in [2.45, 2.75) is 6.29 Å². The fourth-order valence-corrected chi connectivity index (χ4v) is 0.284. The van der Waals surface area contributed by atoms with Gasteiger partial charge in [-0.1, -0.05) is 0 Å². The number of aliphatic hydroxyl groups is 1. The first kappa shape index (κ1) is 9.06. The van der Waals surface area contributed by atoms with Crippen LogP contribution in [0.5, 0.6) is 0 Å². The van der Waals surface area contributed by atoms with Gasteiger partial charge in [-0.3, -0.25) is 4.79 Å². The number of ether oxygens (including phenoxy) is 2. The van der Waals surface area contributed by atoms with Crippen LogP contribution in [-0.2, 0) is 19.1 Å². The van der Waals surface area contributed by atoms with Gasteiger partial charge >= 0.3 is 5.97 Å². The highest BCUT2D eigenvalue weighted by molar-refractivity contribution is 5.74. The summed E-state index contributed by atoms with van der Waals surface area (Å²) in [6.45, 7) is -0.362. The first-order chi connectivity index (χ1) is 4.72. The van der Waals surface area contributed by atoms with Crippen LogP contribution in [0.4, 0.5) is 0 Å². The van der Waals surface area contributed by atoms with Crippen molar-refractivity contribution < 1.29 is 24.2 Å². The van der Waals surface area contributed by atoms with Crippen LogP contribution in [0.3, 0.4) is 0 Å². The standard InChI is InChI=1S/C5H8O5/c1-9-4(7)5(8)10-3-2-6/h2,4,7H,3H2,1H3. The SMILES string of the molecule is COC(O)C(=O)OCC=O. The monoisotopic (exact) mass is 148 g/mol. The van der Waals surface area contributed by atoms with E-state index in [0.29, 0.717) is 6.29 Å². The quantitative estimate of drug-likeness (QED) is 0.304. The molecule has 0 heterocycles. The molecule has 0 fully saturated rings. The minimum Gasteiger partial charge on any atom is -0.454 e. The summed E-state index contributed by atoms with van der Waals surface area (Å²) in [4.78, 5) is 20.0. The third kappa shape index (κ3) is 3.16. The largest absolute Gasteiger partial charge is 0.454 e. The van der Waals surface area contributed by atoms with E-state index in [0.717, 1.165) is 7.11 Å². The van der Waals surface area contributed by atoms with Gasteiger partial charge in [-0.15, -0.1) is 0 Å². The number of esters is 1. The van der Waals surface area contributed by atoms with E-state index in [4.69, 9.17) is 5.11 Å². The highest BCUT2D eigenvalue weighted by Crippen LogP contribution is 1.86. The molecule has 0 aliphatic rings. The van der Waals surface area contributed by atoms with Gasteiger partial charge in [0.2, 0.25) is 0 Å². The van der Waals surface area contributed by atoms with E-state index in [1.807, 2.05) is 0 Å². The van der Waals surface area contributed by atoms with Crippen LogP contribution in [0.25, 0.3) is 0 Å². The molecule has 0 aromatic rings. The number of carbonyl (C=O) groups excluding carboxylic acids is 2. The number of methoxy groups -OCH3 is 1. The van der Waals surface area contributed by atoms with Gasteiger partial charge in [-0.25, -0.2) is 4.79 Å². The molecule has 1 unspecified atom stereocenters. The van der Waals surface area contributed by atoms with Crippen LogP contribution in [0.15, 0.2) is 0 Å². The third-order valence-corrected chi connectivity index (χ3v) is 0.719. The molecule has 0 aromatic carbocycles. The van der Waals surface area contributed by atoms with Crippen molar-refractivity contribution in [3.63, 3.8) is 0 Å². The minimum absolute atomic E-state index is 0.362. The zero-order valence-corrected chi connectivity index (χ0v) is 5.44. The van der Waals surface area contributed by atoms with Gasteiger partial charge in [-0.2, -0.15) is 0 Å². The van der Waals surface area contributed by atoms with Gasteiger partial charge in [0.1, 0.15) is 6.61 Å². The van der Waals surface area contributed by atoms with E-state index in [1.54, 1.807) is 0 Å². The Hall–Kier alpha value is -0.940. The summed E-state index contributed by atoms with van der Waals surface area (Å²) in [5.74, 6) is -0.963. The van der Waals surface area contributed by atoms with Crippen molar-refractivity contribution in [3.05, 3.63) is 0 Å². The molecule has 5 nitrogen and oxygen atoms in total. The highest BCUT2D eigenvalue weighted by atomic mass is 16.6. The molecule has 0 amide bonds. The summed E-state index contributed by atoms with van der Waals surface area (Å²) in [5, 5.41) is 8.54. The van der Waals surface area contributed by atoms with Crippen LogP contribution >= 0.6 is 0 Å². The molecule has 1 N–H and O–H groups in total. The van der Waals surface area contributed by atoms with E-state index >= 15 is 0 Å². The van der Waals surface area contributed by atoms with Gasteiger partial charge in [-0.05, 0) is 0 Å². The molecular weight excluding hydrogens is 140 g/mol. The predicted octanol–water partition coefficient (Wildman–Crippen LogP) is -1.31. The number of aldehydes is 1.